The van der Waals surface area contributed by atoms with Gasteiger partial charge < -0.3 is 10.1 Å². The lowest BCUT2D eigenvalue weighted by Gasteiger charge is -2.44. The van der Waals surface area contributed by atoms with Crippen molar-refractivity contribution >= 4 is 0 Å². The quantitative estimate of drug-likeness (QED) is 0.318. The number of hydrazine groups is 3. The van der Waals surface area contributed by atoms with Gasteiger partial charge in [0.05, 0.1) is 21.1 Å². The van der Waals surface area contributed by atoms with E-state index in [1.54, 1.807) is 5.01 Å². The molecule has 0 aromatic heterocycles. The van der Waals surface area contributed by atoms with Gasteiger partial charge in [0.15, 0.2) is 0 Å². The van der Waals surface area contributed by atoms with Crippen molar-refractivity contribution in [3.05, 3.63) is 5.53 Å². The molecular formula is C5H18N6. The molecule has 0 aliphatic heterocycles. The van der Waals surface area contributed by atoms with Crippen LogP contribution >= 0.6 is 0 Å². The molecule has 6 heteroatoms. The Balaban J connectivity index is 3.61. The van der Waals surface area contributed by atoms with Gasteiger partial charge in [0.2, 0.25) is 0 Å². The summed E-state index contributed by atoms with van der Waals surface area (Å²) in [6.07, 6.45) is 0. The van der Waals surface area contributed by atoms with Gasteiger partial charge in [-0.25, -0.2) is 10.2 Å². The predicted octanol–water partition coefficient (Wildman–Crippen LogP) is -0.947. The largest absolute Gasteiger partial charge is 0.386 e. The van der Waals surface area contributed by atoms with E-state index in [-0.39, 0.29) is 0 Å². The van der Waals surface area contributed by atoms with E-state index in [0.717, 1.165) is 0 Å². The first-order chi connectivity index (χ1) is 4.81. The number of hydrogen-bond donors (Lipinski definition) is 2. The van der Waals surface area contributed by atoms with E-state index in [2.05, 4.69) is 11.1 Å². The van der Waals surface area contributed by atoms with Gasteiger partial charge in [-0.05, 0) is 0 Å². The molecule has 0 saturated carbocycles. The van der Waals surface area contributed by atoms with Gasteiger partial charge in [0.25, 0.3) is 0 Å². The second kappa shape index (κ2) is 3.96. The van der Waals surface area contributed by atoms with Gasteiger partial charge in [-0.3, -0.25) is 5.84 Å². The van der Waals surface area contributed by atoms with E-state index in [1.807, 2.05) is 35.2 Å². The molecule has 0 spiro atoms. The third kappa shape index (κ3) is 7.66. The van der Waals surface area contributed by atoms with Crippen molar-refractivity contribution < 1.29 is 4.59 Å². The molecule has 11 heavy (non-hydrogen) atoms. The first kappa shape index (κ1) is 10.8. The molecule has 0 aliphatic rings. The third-order valence-corrected chi connectivity index (χ3v) is 0.667. The summed E-state index contributed by atoms with van der Waals surface area (Å²) in [6, 6.07) is 0. The lowest BCUT2D eigenvalue weighted by atomic mass is 10.9. The van der Waals surface area contributed by atoms with Crippen LogP contribution in [0.15, 0.2) is 0 Å². The molecule has 0 heterocycles. The van der Waals surface area contributed by atoms with Crippen LogP contribution in [0.3, 0.4) is 0 Å². The summed E-state index contributed by atoms with van der Waals surface area (Å²) >= 11 is 0. The van der Waals surface area contributed by atoms with E-state index in [4.69, 9.17) is 5.84 Å². The Labute approximate surface area is 68.0 Å². The van der Waals surface area contributed by atoms with E-state index >= 15 is 0 Å². The smallest absolute Gasteiger partial charge is 0.0597 e. The molecule has 0 radical (unpaired) electrons. The summed E-state index contributed by atoms with van der Waals surface area (Å²) in [4.78, 5) is 0. The standard InChI is InChI=1S/C5H18N6/c1-9(2)7-10(6)8-11(3,4)5/h7H,6H2,1-5H3. The zero-order valence-electron chi connectivity index (χ0n) is 7.87. The van der Waals surface area contributed by atoms with Crippen molar-refractivity contribution in [1.29, 1.82) is 0 Å². The van der Waals surface area contributed by atoms with Crippen LogP contribution in [0.5, 0.6) is 0 Å². The average Bonchev–Trinajstić information content (AvgIpc) is 1.53. The molecule has 0 aliphatic carbocycles. The Kier molecular flexibility index (Phi) is 3.87. The van der Waals surface area contributed by atoms with E-state index in [0.29, 0.717) is 4.59 Å². The van der Waals surface area contributed by atoms with Gasteiger partial charge in [-0.15, -0.1) is 0 Å². The highest BCUT2D eigenvalue weighted by molar-refractivity contribution is 4.45. The lowest BCUT2D eigenvalue weighted by molar-refractivity contribution is -0.843. The van der Waals surface area contributed by atoms with Crippen LogP contribution < -0.4 is 11.4 Å². The molecule has 0 amide bonds. The average molecular weight is 162 g/mol. The maximum atomic E-state index is 5.46. The second-order valence-electron chi connectivity index (χ2n) is 3.37. The van der Waals surface area contributed by atoms with Gasteiger partial charge in [0, 0.05) is 14.1 Å². The van der Waals surface area contributed by atoms with Crippen molar-refractivity contribution in [2.75, 3.05) is 35.2 Å². The van der Waals surface area contributed by atoms with Crippen molar-refractivity contribution in [3.8, 4) is 0 Å². The number of nitrogens with two attached hydrogens (primary N) is 1. The summed E-state index contributed by atoms with van der Waals surface area (Å²) in [7, 11) is 9.42. The second-order valence-corrected chi connectivity index (χ2v) is 3.37. The van der Waals surface area contributed by atoms with Crippen molar-refractivity contribution in [2.45, 2.75) is 0 Å². The van der Waals surface area contributed by atoms with Gasteiger partial charge in [-0.2, -0.15) is 5.53 Å². The SMILES string of the molecule is CN(C)NN(N)[N-][N+](C)(C)C. The molecule has 0 rings (SSSR count). The Morgan fingerprint density at radius 2 is 1.73 bits per heavy atom. The molecule has 0 aromatic rings. The third-order valence-electron chi connectivity index (χ3n) is 0.667. The zero-order valence-corrected chi connectivity index (χ0v) is 7.87. The molecule has 68 valence electrons. The van der Waals surface area contributed by atoms with Crippen LogP contribution in [0, 0.1) is 0 Å². The number of nitrogens with zero attached hydrogens (tertiary/aromatic N) is 4. The summed E-state index contributed by atoms with van der Waals surface area (Å²) < 4.78 is 0.428. The minimum Gasteiger partial charge on any atom is -0.386 e. The predicted molar refractivity (Wildman–Crippen MR) is 44.2 cm³/mol. The molecule has 3 N–H and O–H groups in total. The van der Waals surface area contributed by atoms with Crippen LogP contribution in [0.4, 0.5) is 0 Å². The van der Waals surface area contributed by atoms with Crippen LogP contribution in [-0.2, 0) is 0 Å². The molecular weight excluding hydrogens is 144 g/mol. The lowest BCUT2D eigenvalue weighted by Crippen LogP contribution is -2.52. The summed E-state index contributed by atoms with van der Waals surface area (Å²) in [5.41, 5.74) is 6.81. The summed E-state index contributed by atoms with van der Waals surface area (Å²) in [5.74, 6) is 5.46. The van der Waals surface area contributed by atoms with Crippen LogP contribution in [-0.4, -0.2) is 50.1 Å². The molecule has 0 saturated heterocycles. The van der Waals surface area contributed by atoms with Crippen LogP contribution in [0.1, 0.15) is 0 Å². The van der Waals surface area contributed by atoms with Gasteiger partial charge >= 0.3 is 0 Å². The molecule has 0 bridgehead atoms. The highest BCUT2D eigenvalue weighted by Gasteiger charge is 1.97. The van der Waals surface area contributed by atoms with Crippen molar-refractivity contribution in [3.63, 3.8) is 0 Å². The summed E-state index contributed by atoms with van der Waals surface area (Å²) in [6.45, 7) is 0. The van der Waals surface area contributed by atoms with E-state index in [9.17, 15) is 0 Å². The highest BCUT2D eigenvalue weighted by Crippen LogP contribution is 2.00. The van der Waals surface area contributed by atoms with Crippen molar-refractivity contribution in [2.24, 2.45) is 5.84 Å². The Hall–Kier alpha value is -0.240. The fraction of sp³-hybridized carbons (Fsp3) is 1.00. The van der Waals surface area contributed by atoms with Gasteiger partial charge in [0.1, 0.15) is 0 Å². The van der Waals surface area contributed by atoms with Crippen LogP contribution in [0.2, 0.25) is 0 Å². The number of quaternary nitrogens is 1. The Morgan fingerprint density at radius 1 is 1.27 bits per heavy atom. The maximum absolute atomic E-state index is 5.46. The van der Waals surface area contributed by atoms with Crippen LogP contribution in [0.25, 0.3) is 5.53 Å². The molecule has 0 fully saturated rings. The zero-order chi connectivity index (χ0) is 9.07. The molecule has 0 aromatic carbocycles. The minimum atomic E-state index is 0.428. The van der Waals surface area contributed by atoms with Crippen molar-refractivity contribution in [1.82, 2.24) is 15.8 Å². The first-order valence-corrected chi connectivity index (χ1v) is 3.34. The number of nitrogens with one attached hydrogen (secondary N) is 1. The normalized spacial score (nSPS) is 13.1. The molecule has 0 atom stereocenters. The fourth-order valence-electron chi connectivity index (χ4n) is 0.514. The van der Waals surface area contributed by atoms with Gasteiger partial charge in [-0.1, -0.05) is 0 Å². The number of rotatable bonds is 4. The molecule has 0 unspecified atom stereocenters. The Bertz CT molecular complexity index is 106. The monoisotopic (exact) mass is 162 g/mol. The molecule has 6 nitrogen and oxygen atoms in total. The van der Waals surface area contributed by atoms with E-state index < -0.39 is 0 Å². The fourth-order valence-corrected chi connectivity index (χ4v) is 0.514. The maximum Gasteiger partial charge on any atom is 0.0597 e. The number of hydrogen-bond acceptors (Lipinski definition) is 4. The minimum absolute atomic E-state index is 0.428. The highest BCUT2D eigenvalue weighted by atomic mass is 16.0. The topological polar surface area (TPSA) is 58.6 Å². The summed E-state index contributed by atoms with van der Waals surface area (Å²) in [5, 5.41) is 2.89. The van der Waals surface area contributed by atoms with E-state index in [1.165, 1.54) is 5.23 Å². The first-order valence-electron chi connectivity index (χ1n) is 3.34. The Morgan fingerprint density at radius 3 is 2.00 bits per heavy atom.